The lowest BCUT2D eigenvalue weighted by Gasteiger charge is -2.20. The molecule has 1 unspecified atom stereocenters. The first-order valence-corrected chi connectivity index (χ1v) is 7.46. The van der Waals surface area contributed by atoms with E-state index in [2.05, 4.69) is 10.1 Å². The van der Waals surface area contributed by atoms with E-state index in [1.165, 1.54) is 0 Å². The Morgan fingerprint density at radius 3 is 2.61 bits per heavy atom. The van der Waals surface area contributed by atoms with Gasteiger partial charge in [0, 0.05) is 12.2 Å². The Labute approximate surface area is 135 Å². The zero-order valence-electron chi connectivity index (χ0n) is 13.2. The summed E-state index contributed by atoms with van der Waals surface area (Å²) in [5.74, 6) is 0.183. The lowest BCUT2D eigenvalue weighted by atomic mass is 10.0. The smallest absolute Gasteiger partial charge is 0.328 e. The molecular weight excluding hydrogens is 294 g/mol. The Bertz CT molecular complexity index is 674. The summed E-state index contributed by atoms with van der Waals surface area (Å²) in [6.45, 7) is 4.54. The summed E-state index contributed by atoms with van der Waals surface area (Å²) in [7, 11) is 0. The van der Waals surface area contributed by atoms with Crippen LogP contribution in [-0.4, -0.2) is 35.7 Å². The van der Waals surface area contributed by atoms with Crippen molar-refractivity contribution in [3.63, 3.8) is 0 Å². The van der Waals surface area contributed by atoms with Gasteiger partial charge in [-0.1, -0.05) is 18.2 Å². The molecule has 23 heavy (non-hydrogen) atoms. The molecule has 0 bridgehead atoms. The van der Waals surface area contributed by atoms with Gasteiger partial charge in [-0.15, -0.1) is 0 Å². The Morgan fingerprint density at radius 2 is 2.00 bits per heavy atom. The van der Waals surface area contributed by atoms with E-state index in [9.17, 15) is 4.79 Å². The fraction of sp³-hybridized carbons (Fsp3) is 0.294. The number of ether oxygens (including phenoxy) is 2. The van der Waals surface area contributed by atoms with Crippen molar-refractivity contribution in [3.05, 3.63) is 65.0 Å². The van der Waals surface area contributed by atoms with E-state index in [1.54, 1.807) is 36.4 Å². The van der Waals surface area contributed by atoms with Gasteiger partial charge in [0.1, 0.15) is 5.76 Å². The Kier molecular flexibility index (Phi) is 5.86. The van der Waals surface area contributed by atoms with Gasteiger partial charge in [-0.25, -0.2) is 0 Å². The van der Waals surface area contributed by atoms with Crippen LogP contribution in [0.1, 0.15) is 24.2 Å². The first-order chi connectivity index (χ1) is 11.2. The van der Waals surface area contributed by atoms with E-state index in [1.807, 2.05) is 19.9 Å². The topological polar surface area (TPSA) is 84.0 Å². The van der Waals surface area contributed by atoms with Crippen molar-refractivity contribution in [2.24, 2.45) is 0 Å². The summed E-state index contributed by atoms with van der Waals surface area (Å²) in [5.41, 5.74) is 10.5. The molecule has 0 fully saturated rings. The number of hydrogen-bond donors (Lipinski definition) is 1. The molecule has 6 nitrogen and oxygen atoms in total. The van der Waals surface area contributed by atoms with Gasteiger partial charge in [0.05, 0.1) is 18.4 Å². The average Bonchev–Trinajstić information content (AvgIpc) is 2.58. The highest BCUT2D eigenvalue weighted by atomic mass is 16.5. The van der Waals surface area contributed by atoms with Gasteiger partial charge in [-0.05, 0) is 32.1 Å². The molecule has 1 N–H and O–H groups in total. The molecule has 0 aromatic heterocycles. The monoisotopic (exact) mass is 313 g/mol. The summed E-state index contributed by atoms with van der Waals surface area (Å²) in [4.78, 5) is 15.6. The number of nitrogens with zero attached hydrogens (tertiary/aromatic N) is 2. The molecule has 1 aromatic carbocycles. The van der Waals surface area contributed by atoms with Gasteiger partial charge in [0.25, 0.3) is 5.91 Å². The molecule has 0 heterocycles. The molecule has 0 aliphatic heterocycles. The first-order valence-electron chi connectivity index (χ1n) is 7.46. The predicted octanol–water partition coefficient (Wildman–Crippen LogP) is 2.31. The van der Waals surface area contributed by atoms with Crippen LogP contribution >= 0.6 is 0 Å². The maximum Gasteiger partial charge on any atom is 0.328 e. The summed E-state index contributed by atoms with van der Waals surface area (Å²) in [6.07, 6.45) is 2.69. The second-order valence-corrected chi connectivity index (χ2v) is 4.74. The largest absolute Gasteiger partial charge is 0.491 e. The molecule has 120 valence electrons. The van der Waals surface area contributed by atoms with Crippen LogP contribution in [0.25, 0.3) is 5.53 Å². The molecule has 2 rings (SSSR count). The average molecular weight is 313 g/mol. The Balaban J connectivity index is 2.27. The van der Waals surface area contributed by atoms with E-state index in [0.29, 0.717) is 35.9 Å². The minimum atomic E-state index is -0.541. The van der Waals surface area contributed by atoms with E-state index < -0.39 is 6.10 Å². The third kappa shape index (κ3) is 4.16. The minimum absolute atomic E-state index is 0.248. The normalized spacial score (nSPS) is 17.0. The molecule has 0 spiro atoms. The highest BCUT2D eigenvalue weighted by Crippen LogP contribution is 2.19. The maximum absolute atomic E-state index is 12.3. The van der Waals surface area contributed by atoms with Crippen LogP contribution in [0.4, 0.5) is 0 Å². The summed E-state index contributed by atoms with van der Waals surface area (Å²) in [6, 6.07) is 8.89. The third-order valence-electron chi connectivity index (χ3n) is 3.20. The molecule has 6 heteroatoms. The number of carbonyl (C=O) groups excluding carboxylic acids is 1. The third-order valence-corrected chi connectivity index (χ3v) is 3.20. The van der Waals surface area contributed by atoms with Crippen molar-refractivity contribution in [2.45, 2.75) is 20.0 Å². The molecule has 1 aliphatic rings. The van der Waals surface area contributed by atoms with Gasteiger partial charge in [0.2, 0.25) is 0 Å². The van der Waals surface area contributed by atoms with E-state index in [-0.39, 0.29) is 5.91 Å². The van der Waals surface area contributed by atoms with Crippen LogP contribution < -0.4 is 5.32 Å². The number of carbonyl (C=O) groups is 1. The zero-order valence-corrected chi connectivity index (χ0v) is 13.2. The quantitative estimate of drug-likeness (QED) is 0.646. The van der Waals surface area contributed by atoms with Gasteiger partial charge in [0.15, 0.2) is 6.10 Å². The number of nitrogens with one attached hydrogen (secondary N) is 1. The van der Waals surface area contributed by atoms with Gasteiger partial charge in [-0.2, -0.15) is 4.79 Å². The molecule has 0 radical (unpaired) electrons. The van der Waals surface area contributed by atoms with E-state index >= 15 is 0 Å². The first kappa shape index (κ1) is 16.7. The van der Waals surface area contributed by atoms with Crippen molar-refractivity contribution in [1.29, 1.82) is 0 Å². The molecule has 1 amide bonds. The molecule has 0 saturated heterocycles. The summed E-state index contributed by atoms with van der Waals surface area (Å²) < 4.78 is 11.0. The van der Waals surface area contributed by atoms with Crippen molar-refractivity contribution in [3.8, 4) is 0 Å². The van der Waals surface area contributed by atoms with Crippen LogP contribution in [0.3, 0.4) is 0 Å². The number of benzene rings is 1. The Morgan fingerprint density at radius 1 is 1.26 bits per heavy atom. The van der Waals surface area contributed by atoms with Crippen molar-refractivity contribution < 1.29 is 19.1 Å². The molecule has 1 atom stereocenters. The second kappa shape index (κ2) is 8.08. The Hall–Kier alpha value is -2.69. The van der Waals surface area contributed by atoms with Crippen LogP contribution in [0.15, 0.2) is 53.9 Å². The minimum Gasteiger partial charge on any atom is -0.491 e. The highest BCUT2D eigenvalue weighted by Gasteiger charge is 2.29. The van der Waals surface area contributed by atoms with E-state index in [0.717, 1.165) is 0 Å². The van der Waals surface area contributed by atoms with Crippen LogP contribution in [0.2, 0.25) is 0 Å². The predicted molar refractivity (Wildman–Crippen MR) is 85.7 cm³/mol. The number of hydrogen-bond acceptors (Lipinski definition) is 3. The van der Waals surface area contributed by atoms with Crippen LogP contribution in [0, 0.1) is 0 Å². The van der Waals surface area contributed by atoms with Crippen molar-refractivity contribution in [2.75, 3.05) is 13.2 Å². The fourth-order valence-corrected chi connectivity index (χ4v) is 2.17. The number of amides is 1. The molecular formula is C17H19N3O3. The molecule has 1 aromatic rings. The molecule has 1 aliphatic carbocycles. The fourth-order valence-electron chi connectivity index (χ4n) is 2.17. The lowest BCUT2D eigenvalue weighted by molar-refractivity contribution is -0.0223. The standard InChI is InChI=1S/C17H19N3O3/c1-3-22-15-11-14(20-18)16(23-4-2)10-13(15)19-17(21)12-8-6-5-7-9-12/h5-11,16H,3-4H2,1-2H3,(H,19,21). The van der Waals surface area contributed by atoms with E-state index in [4.69, 9.17) is 15.0 Å². The number of rotatable bonds is 6. The van der Waals surface area contributed by atoms with Crippen molar-refractivity contribution >= 4 is 11.6 Å². The zero-order chi connectivity index (χ0) is 16.7. The van der Waals surface area contributed by atoms with Gasteiger partial charge in [-0.3, -0.25) is 4.79 Å². The van der Waals surface area contributed by atoms with Crippen molar-refractivity contribution in [1.82, 2.24) is 5.32 Å². The maximum atomic E-state index is 12.3. The highest BCUT2D eigenvalue weighted by molar-refractivity contribution is 6.00. The SMILES string of the molecule is CCOC1=CC(=[N+]=[N-])C(OCC)C=C1NC(=O)c1ccccc1. The summed E-state index contributed by atoms with van der Waals surface area (Å²) >= 11 is 0. The second-order valence-electron chi connectivity index (χ2n) is 4.74. The lowest BCUT2D eigenvalue weighted by Crippen LogP contribution is -2.32. The molecule has 0 saturated carbocycles. The van der Waals surface area contributed by atoms with Crippen LogP contribution in [0.5, 0.6) is 0 Å². The van der Waals surface area contributed by atoms with Gasteiger partial charge < -0.3 is 20.3 Å². The van der Waals surface area contributed by atoms with Crippen LogP contribution in [-0.2, 0) is 9.47 Å². The summed E-state index contributed by atoms with van der Waals surface area (Å²) in [5, 5.41) is 2.82. The van der Waals surface area contributed by atoms with Gasteiger partial charge >= 0.3 is 5.71 Å².